The quantitative estimate of drug-likeness (QED) is 0.226. The predicted octanol–water partition coefficient (Wildman–Crippen LogP) is 5.26. The van der Waals surface area contributed by atoms with Crippen LogP contribution in [0.1, 0.15) is 90.4 Å². The first-order valence-corrected chi connectivity index (χ1v) is 19.3. The zero-order chi connectivity index (χ0) is 38.5. The first-order valence-electron chi connectivity index (χ1n) is 18.5. The van der Waals surface area contributed by atoms with E-state index < -0.39 is 93.0 Å². The number of aliphatic hydroxyl groups is 1. The van der Waals surface area contributed by atoms with Gasteiger partial charge in [0.15, 0.2) is 6.10 Å². The fourth-order valence-electron chi connectivity index (χ4n) is 12.6. The number of methoxy groups -OCH3 is 1. The fourth-order valence-corrected chi connectivity index (χ4v) is 13.0. The van der Waals surface area contributed by atoms with Crippen molar-refractivity contribution in [3.63, 3.8) is 0 Å². The minimum Gasteiger partial charge on any atom is -0.467 e. The Bertz CT molecular complexity index is 1780. The van der Waals surface area contributed by atoms with E-state index in [1.54, 1.807) is 25.1 Å². The van der Waals surface area contributed by atoms with Gasteiger partial charge in [0.1, 0.15) is 18.8 Å². The van der Waals surface area contributed by atoms with Gasteiger partial charge in [-0.15, -0.1) is 0 Å². The minimum absolute atomic E-state index is 0.0161. The highest BCUT2D eigenvalue weighted by Crippen LogP contribution is 2.78. The lowest BCUT2D eigenvalue weighted by Crippen LogP contribution is -2.82. The van der Waals surface area contributed by atoms with Gasteiger partial charge in [0.05, 0.1) is 29.8 Å². The third kappa shape index (κ3) is 5.01. The molecule has 0 spiro atoms. The number of halogens is 1. The van der Waals surface area contributed by atoms with Crippen LogP contribution < -0.4 is 0 Å². The zero-order valence-corrected chi connectivity index (χ0v) is 32.9. The minimum atomic E-state index is -1.62. The summed E-state index contributed by atoms with van der Waals surface area (Å²) in [6.07, 6.45) is 2.33. The van der Waals surface area contributed by atoms with Crippen LogP contribution in [0.25, 0.3) is 0 Å². The molecule has 1 N–H and O–H groups in total. The van der Waals surface area contributed by atoms with Crippen molar-refractivity contribution in [1.82, 2.24) is 0 Å². The van der Waals surface area contributed by atoms with Crippen LogP contribution in [-0.4, -0.2) is 84.3 Å². The highest BCUT2D eigenvalue weighted by atomic mass is 79.9. The summed E-state index contributed by atoms with van der Waals surface area (Å²) in [6, 6.07) is 7.02. The number of allylic oxidation sites excluding steroid dienone is 1. The summed E-state index contributed by atoms with van der Waals surface area (Å²) in [5.74, 6) is -4.12. The van der Waals surface area contributed by atoms with Gasteiger partial charge >= 0.3 is 29.8 Å². The Kier molecular flexibility index (Phi) is 9.05. The van der Waals surface area contributed by atoms with E-state index >= 15 is 0 Å². The SMILES string of the molecule is COC(=O)[C@@]12O[C@@H]1CC[C@@]1(O)C3CC[C@]4(C)C(CC[C@@]5(C(C)OC(=O)c6ccccc6Br)COC(=O)C=C[C@H]54)[C@@]3(C)[C@H](OC(C)=O)[C@H](OC(C)=O)[C@]12C. The topological polar surface area (TPSA) is 164 Å². The summed E-state index contributed by atoms with van der Waals surface area (Å²) >= 11 is 3.46. The number of cyclic esters (lactones) is 1. The van der Waals surface area contributed by atoms with E-state index in [2.05, 4.69) is 22.9 Å². The monoisotopic (exact) mass is 800 g/mol. The van der Waals surface area contributed by atoms with Crippen LogP contribution in [0.3, 0.4) is 0 Å². The van der Waals surface area contributed by atoms with E-state index in [0.717, 1.165) is 0 Å². The molecule has 0 amide bonds. The zero-order valence-electron chi connectivity index (χ0n) is 31.3. The molecule has 12 nitrogen and oxygen atoms in total. The Balaban J connectivity index is 1.36. The number of epoxide rings is 1. The number of carbonyl (C=O) groups excluding carboxylic acids is 5. The van der Waals surface area contributed by atoms with Crippen LogP contribution in [0, 0.1) is 39.4 Å². The Morgan fingerprint density at radius 2 is 1.60 bits per heavy atom. The maximum atomic E-state index is 13.7. The molecule has 13 heteroatoms. The maximum Gasteiger partial charge on any atom is 0.341 e. The van der Waals surface area contributed by atoms with E-state index in [1.165, 1.54) is 27.0 Å². The maximum absolute atomic E-state index is 13.7. The van der Waals surface area contributed by atoms with Crippen molar-refractivity contribution in [2.45, 2.75) is 116 Å². The number of esters is 5. The standard InChI is InChI=1S/C40H49BrO12/c1-21(50-33(45)24-10-8-9-11-25(24)41)38-18-15-26-35(4,27(38)12-13-30(44)49-20-38)17-14-28-36(26,5)31(51-22(2)42)32(52-23(3)43)37(6)39(28,47)19-16-29-40(37,53-29)34(46)48-7/h8-13,21,26-29,31-32,47H,14-20H2,1-7H3/t21?,26?,27-,28?,29+,31+,32-,35+,36+,37+,38-,39+,40-/m0/s1. The molecular formula is C40H49BrO12. The molecule has 3 unspecified atom stereocenters. The molecule has 6 aliphatic rings. The molecule has 7 rings (SSSR count). The van der Waals surface area contributed by atoms with Crippen LogP contribution >= 0.6 is 15.9 Å². The van der Waals surface area contributed by atoms with Crippen LogP contribution in [0.15, 0.2) is 40.9 Å². The summed E-state index contributed by atoms with van der Waals surface area (Å²) in [5, 5.41) is 13.3. The molecular weight excluding hydrogens is 752 g/mol. The van der Waals surface area contributed by atoms with Crippen LogP contribution in [0.2, 0.25) is 0 Å². The number of ether oxygens (including phenoxy) is 6. The second-order valence-electron chi connectivity index (χ2n) is 16.8. The van der Waals surface area contributed by atoms with Crippen molar-refractivity contribution in [1.29, 1.82) is 0 Å². The lowest BCUT2D eigenvalue weighted by atomic mass is 9.32. The third-order valence-electron chi connectivity index (χ3n) is 14.9. The van der Waals surface area contributed by atoms with Gasteiger partial charge in [0.25, 0.3) is 0 Å². The van der Waals surface area contributed by atoms with Crippen molar-refractivity contribution in [2.75, 3.05) is 13.7 Å². The van der Waals surface area contributed by atoms with Crippen LogP contribution in [-0.2, 0) is 47.6 Å². The van der Waals surface area contributed by atoms with E-state index in [0.29, 0.717) is 42.1 Å². The molecule has 2 aliphatic heterocycles. The highest BCUT2D eigenvalue weighted by Gasteiger charge is 2.89. The van der Waals surface area contributed by atoms with Crippen molar-refractivity contribution >= 4 is 45.8 Å². The number of hydrogen-bond donors (Lipinski definition) is 1. The van der Waals surface area contributed by atoms with E-state index in [1.807, 2.05) is 26.0 Å². The molecule has 2 heterocycles. The summed E-state index contributed by atoms with van der Waals surface area (Å²) in [7, 11) is 1.26. The third-order valence-corrected chi connectivity index (χ3v) is 15.6. The summed E-state index contributed by atoms with van der Waals surface area (Å²) in [4.78, 5) is 66.4. The smallest absolute Gasteiger partial charge is 0.341 e. The molecule has 4 aliphatic carbocycles. The lowest BCUT2D eigenvalue weighted by Gasteiger charge is -2.73. The normalized spacial score (nSPS) is 44.1. The Hall–Kier alpha value is -3.29. The molecule has 4 saturated carbocycles. The molecule has 0 bridgehead atoms. The molecule has 0 radical (unpaired) electrons. The van der Waals surface area contributed by atoms with Gasteiger partial charge in [0.2, 0.25) is 5.60 Å². The Morgan fingerprint density at radius 3 is 2.26 bits per heavy atom. The van der Waals surface area contributed by atoms with Gasteiger partial charge in [0, 0.05) is 35.2 Å². The predicted molar refractivity (Wildman–Crippen MR) is 190 cm³/mol. The number of rotatable bonds is 6. The van der Waals surface area contributed by atoms with E-state index in [4.69, 9.17) is 28.4 Å². The first-order chi connectivity index (χ1) is 24.9. The molecule has 13 atom stereocenters. The van der Waals surface area contributed by atoms with Crippen molar-refractivity contribution in [2.24, 2.45) is 39.4 Å². The average molecular weight is 802 g/mol. The van der Waals surface area contributed by atoms with Crippen molar-refractivity contribution in [3.05, 3.63) is 46.5 Å². The molecule has 0 aromatic heterocycles. The second kappa shape index (κ2) is 12.6. The molecule has 288 valence electrons. The van der Waals surface area contributed by atoms with Gasteiger partial charge < -0.3 is 33.5 Å². The van der Waals surface area contributed by atoms with Gasteiger partial charge in [-0.3, -0.25) is 9.59 Å². The summed E-state index contributed by atoms with van der Waals surface area (Å²) in [6.45, 7) is 10.3. The van der Waals surface area contributed by atoms with Gasteiger partial charge in [-0.05, 0) is 104 Å². The van der Waals surface area contributed by atoms with Gasteiger partial charge in [-0.25, -0.2) is 14.4 Å². The first kappa shape index (κ1) is 38.0. The van der Waals surface area contributed by atoms with Crippen molar-refractivity contribution < 1.29 is 57.5 Å². The molecule has 1 aromatic rings. The van der Waals surface area contributed by atoms with E-state index in [-0.39, 0.29) is 24.9 Å². The highest BCUT2D eigenvalue weighted by molar-refractivity contribution is 9.10. The second-order valence-corrected chi connectivity index (χ2v) is 17.7. The number of benzene rings is 1. The van der Waals surface area contributed by atoms with Crippen LogP contribution in [0.5, 0.6) is 0 Å². The van der Waals surface area contributed by atoms with E-state index in [9.17, 15) is 29.1 Å². The summed E-state index contributed by atoms with van der Waals surface area (Å²) in [5.41, 5.74) is -6.87. The Labute approximate surface area is 317 Å². The summed E-state index contributed by atoms with van der Waals surface area (Å²) < 4.78 is 36.6. The molecule has 53 heavy (non-hydrogen) atoms. The van der Waals surface area contributed by atoms with Crippen LogP contribution in [0.4, 0.5) is 0 Å². The largest absolute Gasteiger partial charge is 0.467 e. The lowest BCUT2D eigenvalue weighted by molar-refractivity contribution is -0.339. The molecule has 5 fully saturated rings. The average Bonchev–Trinajstić information content (AvgIpc) is 3.88. The number of hydrogen-bond acceptors (Lipinski definition) is 12. The molecule has 1 aromatic carbocycles. The number of fused-ring (bicyclic) bond motifs is 9. The molecule has 1 saturated heterocycles. The number of carbonyl (C=O) groups is 5. The van der Waals surface area contributed by atoms with Gasteiger partial charge in [-0.2, -0.15) is 0 Å². The van der Waals surface area contributed by atoms with Crippen molar-refractivity contribution in [3.8, 4) is 0 Å². The van der Waals surface area contributed by atoms with Gasteiger partial charge in [-0.1, -0.05) is 32.1 Å². The Morgan fingerprint density at radius 1 is 0.943 bits per heavy atom. The fraction of sp³-hybridized carbons (Fsp3) is 0.675.